The van der Waals surface area contributed by atoms with E-state index in [-0.39, 0.29) is 82.2 Å². The minimum atomic E-state index is -10.1. The SMILES string of the molecule is Cl.Cl.Cl.[CH3][Ti]([CH3])([CH3])([F])([F])([F])([F])[N]1CCCNCCCNCCCNCCC1. The number of hydrogen-bond donors (Lipinski definition) is 3. The van der Waals surface area contributed by atoms with Gasteiger partial charge in [-0.15, -0.1) is 37.2 Å². The second-order valence-corrected chi connectivity index (χ2v) is 27.1. The van der Waals surface area contributed by atoms with Crippen LogP contribution in [0, 0.1) is 0 Å². The molecule has 1 saturated heterocycles. The molecule has 0 amide bonds. The van der Waals surface area contributed by atoms with Gasteiger partial charge < -0.3 is 0 Å². The van der Waals surface area contributed by atoms with Gasteiger partial charge in [-0.1, -0.05) is 0 Å². The fourth-order valence-electron chi connectivity index (χ4n) is 2.96. The first-order valence-electron chi connectivity index (χ1n) is 9.23. The van der Waals surface area contributed by atoms with Crippen molar-refractivity contribution in [3.05, 3.63) is 0 Å². The third-order valence-electron chi connectivity index (χ3n) is 4.40. The molecule has 27 heavy (non-hydrogen) atoms. The zero-order chi connectivity index (χ0) is 18.5. The molecule has 1 fully saturated rings. The van der Waals surface area contributed by atoms with Crippen molar-refractivity contribution in [2.45, 2.75) is 41.4 Å². The summed E-state index contributed by atoms with van der Waals surface area (Å²) in [6, 6.07) is 0. The van der Waals surface area contributed by atoms with E-state index in [1.54, 1.807) is 0 Å². The average Bonchev–Trinajstić information content (AvgIpc) is 2.34. The topological polar surface area (TPSA) is 39.3 Å². The molecule has 4 nitrogen and oxygen atoms in total. The van der Waals surface area contributed by atoms with Crippen molar-refractivity contribution in [2.75, 3.05) is 52.4 Å². The Kier molecular flexibility index (Phi) is 10.1. The Morgan fingerprint density at radius 1 is 0.556 bits per heavy atom. The van der Waals surface area contributed by atoms with Crippen LogP contribution in [0.1, 0.15) is 25.7 Å². The molecule has 1 heterocycles. The van der Waals surface area contributed by atoms with Gasteiger partial charge in [0.1, 0.15) is 0 Å². The number of halogens is 7. The van der Waals surface area contributed by atoms with Gasteiger partial charge in [0.15, 0.2) is 0 Å². The zero-order valence-electron chi connectivity index (χ0n) is 16.7. The van der Waals surface area contributed by atoms with Gasteiger partial charge in [0, 0.05) is 0 Å². The molecule has 0 aromatic heterocycles. The van der Waals surface area contributed by atoms with Crippen molar-refractivity contribution in [3.8, 4) is 0 Å². The van der Waals surface area contributed by atoms with E-state index in [1.165, 1.54) is 0 Å². The summed E-state index contributed by atoms with van der Waals surface area (Å²) >= 11 is -10.1. The Labute approximate surface area is 176 Å². The molecule has 0 radical (unpaired) electrons. The van der Waals surface area contributed by atoms with E-state index < -0.39 is 13.9 Å². The Hall–Kier alpha value is 1.14. The molecule has 0 aromatic rings. The van der Waals surface area contributed by atoms with E-state index in [9.17, 15) is 0 Å². The summed E-state index contributed by atoms with van der Waals surface area (Å²) in [6.07, 6.45) is 2.40. The maximum atomic E-state index is 15.1. The summed E-state index contributed by atoms with van der Waals surface area (Å²) in [6.45, 7) is 3.59. The van der Waals surface area contributed by atoms with Gasteiger partial charge in [-0.25, -0.2) is 0 Å². The number of hydrogen-bond acceptors (Lipinski definition) is 4. The first-order chi connectivity index (χ1) is 10.5. The van der Waals surface area contributed by atoms with Crippen molar-refractivity contribution in [3.63, 3.8) is 0 Å². The van der Waals surface area contributed by atoms with Crippen LogP contribution in [0.3, 0.4) is 0 Å². The standard InChI is InChI=1S/C12H27N4.3CH3.3ClH.4FH.Ti/c1-5-13-7-2-9-15-11-4-12-16-10-3-8-14-6-1;;;;;;;;;;;/h13-15H,1-12H2;3*1H3;7*1H;/q-1;;;;;;;;;;;+5/p-4. The van der Waals surface area contributed by atoms with Gasteiger partial charge in [-0.3, -0.25) is 0 Å². The molecule has 0 aromatic carbocycles. The molecule has 0 atom stereocenters. The van der Waals surface area contributed by atoms with Gasteiger partial charge in [0.05, 0.1) is 0 Å². The van der Waals surface area contributed by atoms with Gasteiger partial charge in [0.2, 0.25) is 0 Å². The summed E-state index contributed by atoms with van der Waals surface area (Å²) in [7, 11) is 0. The molecule has 3 N–H and O–H groups in total. The molecule has 1 aliphatic heterocycles. The molecule has 1 aliphatic rings. The molecule has 0 aliphatic carbocycles. The van der Waals surface area contributed by atoms with Crippen LogP contribution in [0.2, 0.25) is 15.7 Å². The number of rotatable bonds is 1. The monoisotopic (exact) mass is 504 g/mol. The average molecular weight is 506 g/mol. The van der Waals surface area contributed by atoms with Crippen LogP contribution in [0.4, 0.5) is 12.4 Å². The Morgan fingerprint density at radius 3 is 1.07 bits per heavy atom. The molecule has 0 bridgehead atoms. The molecular formula is C15H39Cl3F4N4Ti. The van der Waals surface area contributed by atoms with Crippen molar-refractivity contribution in [1.29, 1.82) is 0 Å². The quantitative estimate of drug-likeness (QED) is 0.354. The first kappa shape index (κ1) is 32.8. The second kappa shape index (κ2) is 8.35. The minimum absolute atomic E-state index is 0. The van der Waals surface area contributed by atoms with E-state index in [2.05, 4.69) is 16.0 Å². The summed E-state index contributed by atoms with van der Waals surface area (Å²) in [4.78, 5) is 0. The fourth-order valence-corrected chi connectivity index (χ4v) is 6.61. The molecule has 0 unspecified atom stereocenters. The number of nitrogens with one attached hydrogen (secondary N) is 3. The third-order valence-corrected chi connectivity index (χ3v) is 9.56. The molecule has 172 valence electrons. The maximum absolute atomic E-state index is 15.1. The van der Waals surface area contributed by atoms with Crippen LogP contribution >= 0.6 is 37.2 Å². The number of nitrogens with zero attached hydrogens (tertiary/aromatic N) is 1. The van der Waals surface area contributed by atoms with Gasteiger partial charge in [-0.2, -0.15) is 0 Å². The Morgan fingerprint density at radius 2 is 0.815 bits per heavy atom. The van der Waals surface area contributed by atoms with Crippen LogP contribution in [-0.2, 0) is 13.9 Å². The van der Waals surface area contributed by atoms with Crippen molar-refractivity contribution in [2.24, 2.45) is 0 Å². The van der Waals surface area contributed by atoms with Gasteiger partial charge in [0.25, 0.3) is 0 Å². The summed E-state index contributed by atoms with van der Waals surface area (Å²) in [5, 5.41) is 9.36. The zero-order valence-corrected chi connectivity index (χ0v) is 20.7. The van der Waals surface area contributed by atoms with Crippen LogP contribution in [0.25, 0.3) is 0 Å². The van der Waals surface area contributed by atoms with E-state index in [1.807, 2.05) is 0 Å². The van der Waals surface area contributed by atoms with Crippen LogP contribution in [0.15, 0.2) is 0 Å². The van der Waals surface area contributed by atoms with Gasteiger partial charge >= 0.3 is 139 Å². The van der Waals surface area contributed by atoms with E-state index in [0.717, 1.165) is 39.0 Å². The summed E-state index contributed by atoms with van der Waals surface area (Å²) in [5.41, 5.74) is 0. The predicted octanol–water partition coefficient (Wildman–Crippen LogP) is 4.79. The normalized spacial score (nSPS) is 25.6. The Bertz CT molecular complexity index is 429. The fraction of sp³-hybridized carbons (Fsp3) is 1.00. The molecule has 1 rings (SSSR count). The van der Waals surface area contributed by atoms with E-state index >= 15 is 12.4 Å². The predicted molar refractivity (Wildman–Crippen MR) is 112 cm³/mol. The third kappa shape index (κ3) is 15.6. The summed E-state index contributed by atoms with van der Waals surface area (Å²) in [5.74, 6) is 0. The van der Waals surface area contributed by atoms with Crippen LogP contribution < -0.4 is 16.0 Å². The Balaban J connectivity index is -0.00000192. The van der Waals surface area contributed by atoms with Crippen molar-refractivity contribution < 1.29 is 26.2 Å². The van der Waals surface area contributed by atoms with E-state index in [0.29, 0.717) is 13.1 Å². The first-order valence-corrected chi connectivity index (χ1v) is 17.0. The summed E-state index contributed by atoms with van der Waals surface area (Å²) < 4.78 is 60.5. The van der Waals surface area contributed by atoms with Crippen molar-refractivity contribution in [1.82, 2.24) is 19.3 Å². The molecule has 12 heteroatoms. The van der Waals surface area contributed by atoms with Gasteiger partial charge in [-0.05, 0) is 0 Å². The van der Waals surface area contributed by atoms with Crippen LogP contribution in [-0.4, -0.2) is 55.7 Å². The molecule has 0 saturated carbocycles. The van der Waals surface area contributed by atoms with Crippen LogP contribution in [0.5, 0.6) is 0 Å². The van der Waals surface area contributed by atoms with E-state index in [4.69, 9.17) is 0 Å². The molecule has 0 spiro atoms. The second-order valence-electron chi connectivity index (χ2n) is 9.86. The molecular weight excluding hydrogens is 466 g/mol. The van der Waals surface area contributed by atoms with Crippen molar-refractivity contribution >= 4 is 37.2 Å².